The molecule has 0 aliphatic heterocycles. The smallest absolute Gasteiger partial charge is 0.231 e. The van der Waals surface area contributed by atoms with Crippen LogP contribution < -0.4 is 10.6 Å². The largest absolute Gasteiger partial charge is 0.344 e. The molecule has 1 amide bonds. The van der Waals surface area contributed by atoms with Crippen molar-refractivity contribution in [3.63, 3.8) is 0 Å². The fourth-order valence-electron chi connectivity index (χ4n) is 1.30. The quantitative estimate of drug-likeness (QED) is 0.588. The first-order valence-electron chi connectivity index (χ1n) is 5.32. The highest BCUT2D eigenvalue weighted by atomic mass is 32.2. The van der Waals surface area contributed by atoms with Gasteiger partial charge in [0.2, 0.25) is 5.91 Å². The molecule has 4 heteroatoms. The van der Waals surface area contributed by atoms with Gasteiger partial charge in [-0.15, -0.1) is 18.2 Å². The monoisotopic (exact) mass is 248 g/mol. The van der Waals surface area contributed by atoms with Gasteiger partial charge in [-0.3, -0.25) is 4.79 Å². The van der Waals surface area contributed by atoms with E-state index < -0.39 is 0 Å². The van der Waals surface area contributed by atoms with Crippen LogP contribution in [0.25, 0.3) is 0 Å². The Morgan fingerprint density at radius 1 is 1.53 bits per heavy atom. The number of benzene rings is 1. The lowest BCUT2D eigenvalue weighted by Gasteiger charge is -2.04. The minimum Gasteiger partial charge on any atom is -0.344 e. The van der Waals surface area contributed by atoms with Gasteiger partial charge in [0.15, 0.2) is 0 Å². The second-order valence-electron chi connectivity index (χ2n) is 3.45. The van der Waals surface area contributed by atoms with Crippen molar-refractivity contribution in [2.45, 2.75) is 11.4 Å². The molecule has 2 N–H and O–H groups in total. The number of amides is 1. The summed E-state index contributed by atoms with van der Waals surface area (Å²) in [7, 11) is 1.91. The van der Waals surface area contributed by atoms with Crippen molar-refractivity contribution in [1.29, 1.82) is 0 Å². The van der Waals surface area contributed by atoms with E-state index in [2.05, 4.69) is 28.7 Å². The maximum atomic E-state index is 11.3. The van der Waals surface area contributed by atoms with Crippen LogP contribution >= 0.6 is 11.8 Å². The third kappa shape index (κ3) is 5.43. The molecule has 0 aliphatic carbocycles. The van der Waals surface area contributed by atoms with E-state index >= 15 is 0 Å². The number of terminal acetylenes is 1. The van der Waals surface area contributed by atoms with Gasteiger partial charge in [0.05, 0.1) is 12.3 Å². The molecule has 0 saturated heterocycles. The molecule has 1 aromatic rings. The molecule has 1 rings (SSSR count). The Hall–Kier alpha value is -1.44. The van der Waals surface area contributed by atoms with Crippen molar-refractivity contribution < 1.29 is 4.79 Å². The number of hydrogen-bond donors (Lipinski definition) is 2. The summed E-state index contributed by atoms with van der Waals surface area (Å²) in [5.41, 5.74) is 1.21. The molecule has 0 heterocycles. The summed E-state index contributed by atoms with van der Waals surface area (Å²) in [6, 6.07) is 8.13. The van der Waals surface area contributed by atoms with Crippen molar-refractivity contribution in [2.24, 2.45) is 0 Å². The van der Waals surface area contributed by atoms with Crippen LogP contribution in [-0.4, -0.2) is 25.3 Å². The first kappa shape index (κ1) is 13.6. The maximum Gasteiger partial charge on any atom is 0.231 e. The van der Waals surface area contributed by atoms with Crippen LogP contribution in [0.3, 0.4) is 0 Å². The summed E-state index contributed by atoms with van der Waals surface area (Å²) in [6.45, 7) is 1.12. The Kier molecular flexibility index (Phi) is 6.23. The van der Waals surface area contributed by atoms with E-state index in [0.717, 1.165) is 11.4 Å². The lowest BCUT2D eigenvalue weighted by molar-refractivity contribution is -0.118. The summed E-state index contributed by atoms with van der Waals surface area (Å²) in [5.74, 6) is 2.73. The second kappa shape index (κ2) is 7.77. The summed E-state index contributed by atoms with van der Waals surface area (Å²) in [4.78, 5) is 12.4. The lowest BCUT2D eigenvalue weighted by Crippen LogP contribution is -2.25. The molecule has 0 unspecified atom stereocenters. The summed E-state index contributed by atoms with van der Waals surface area (Å²) in [5, 5.41) is 5.73. The van der Waals surface area contributed by atoms with Crippen molar-refractivity contribution in [3.8, 4) is 12.3 Å². The number of nitrogens with one attached hydrogen (secondary N) is 2. The minimum atomic E-state index is -0.0352. The molecule has 90 valence electrons. The van der Waals surface area contributed by atoms with E-state index in [-0.39, 0.29) is 5.91 Å². The molecule has 17 heavy (non-hydrogen) atoms. The standard InChI is InChI=1S/C13H16N2OS/c1-3-7-15-13(16)10-17-12-6-4-5-11(8-12)9-14-2/h1,4-6,8,14H,7,9-10H2,2H3,(H,15,16). The number of carbonyl (C=O) groups excluding carboxylic acids is 1. The van der Waals surface area contributed by atoms with E-state index in [1.54, 1.807) is 0 Å². The summed E-state index contributed by atoms with van der Waals surface area (Å²) in [6.07, 6.45) is 5.06. The van der Waals surface area contributed by atoms with Crippen LogP contribution in [0.2, 0.25) is 0 Å². The molecule has 0 aromatic heterocycles. The van der Waals surface area contributed by atoms with Crippen molar-refractivity contribution in [3.05, 3.63) is 29.8 Å². The number of thioether (sulfide) groups is 1. The van der Waals surface area contributed by atoms with Gasteiger partial charge < -0.3 is 10.6 Å². The van der Waals surface area contributed by atoms with Crippen LogP contribution in [0.1, 0.15) is 5.56 Å². The molecule has 1 aromatic carbocycles. The molecule has 0 bridgehead atoms. The molecule has 0 fully saturated rings. The number of rotatable bonds is 6. The van der Waals surface area contributed by atoms with Crippen molar-refractivity contribution >= 4 is 17.7 Å². The van der Waals surface area contributed by atoms with E-state index in [1.807, 2.05) is 19.2 Å². The average molecular weight is 248 g/mol. The highest BCUT2D eigenvalue weighted by Crippen LogP contribution is 2.18. The SMILES string of the molecule is C#CCNC(=O)CSc1cccc(CNC)c1. The van der Waals surface area contributed by atoms with Crippen molar-refractivity contribution in [2.75, 3.05) is 19.3 Å². The highest BCUT2D eigenvalue weighted by molar-refractivity contribution is 8.00. The van der Waals surface area contributed by atoms with Gasteiger partial charge >= 0.3 is 0 Å². The van der Waals surface area contributed by atoms with Gasteiger partial charge in [0, 0.05) is 11.4 Å². The molecular formula is C13H16N2OS. The Morgan fingerprint density at radius 2 is 2.35 bits per heavy atom. The lowest BCUT2D eigenvalue weighted by atomic mass is 10.2. The van der Waals surface area contributed by atoms with Crippen molar-refractivity contribution in [1.82, 2.24) is 10.6 Å². The number of hydrogen-bond acceptors (Lipinski definition) is 3. The van der Waals surface area contributed by atoms with Crippen LogP contribution in [0.15, 0.2) is 29.2 Å². The molecule has 3 nitrogen and oxygen atoms in total. The molecule has 0 radical (unpaired) electrons. The first-order valence-corrected chi connectivity index (χ1v) is 6.31. The van der Waals surface area contributed by atoms with E-state index in [1.165, 1.54) is 17.3 Å². The highest BCUT2D eigenvalue weighted by Gasteiger charge is 2.02. The maximum absolute atomic E-state index is 11.3. The van der Waals surface area contributed by atoms with Gasteiger partial charge in [0.25, 0.3) is 0 Å². The second-order valence-corrected chi connectivity index (χ2v) is 4.50. The van der Waals surface area contributed by atoms with E-state index in [9.17, 15) is 4.79 Å². The molecule has 0 saturated carbocycles. The predicted octanol–water partition coefficient (Wildman–Crippen LogP) is 1.25. The van der Waals surface area contributed by atoms with Crippen LogP contribution in [0, 0.1) is 12.3 Å². The number of carbonyl (C=O) groups is 1. The van der Waals surface area contributed by atoms with Gasteiger partial charge in [0.1, 0.15) is 0 Å². The van der Waals surface area contributed by atoms with Gasteiger partial charge in [-0.05, 0) is 24.7 Å². The van der Waals surface area contributed by atoms with Crippen LogP contribution in [0.5, 0.6) is 0 Å². The third-order valence-electron chi connectivity index (χ3n) is 2.04. The van der Waals surface area contributed by atoms with Crippen LogP contribution in [-0.2, 0) is 11.3 Å². The average Bonchev–Trinajstić information content (AvgIpc) is 2.35. The van der Waals surface area contributed by atoms with E-state index in [4.69, 9.17) is 6.42 Å². The summed E-state index contributed by atoms with van der Waals surface area (Å²) >= 11 is 1.51. The third-order valence-corrected chi connectivity index (χ3v) is 3.03. The first-order chi connectivity index (χ1) is 8.26. The Balaban J connectivity index is 2.43. The Labute approximate surface area is 106 Å². The molecular weight excluding hydrogens is 232 g/mol. The van der Waals surface area contributed by atoms with Gasteiger partial charge in [-0.2, -0.15) is 0 Å². The fraction of sp³-hybridized carbons (Fsp3) is 0.308. The predicted molar refractivity (Wildman–Crippen MR) is 71.8 cm³/mol. The molecule has 0 atom stereocenters. The van der Waals surface area contributed by atoms with E-state index in [0.29, 0.717) is 12.3 Å². The van der Waals surface area contributed by atoms with Crippen LogP contribution in [0.4, 0.5) is 0 Å². The zero-order valence-corrected chi connectivity index (χ0v) is 10.6. The van der Waals surface area contributed by atoms with Gasteiger partial charge in [-0.1, -0.05) is 18.1 Å². The molecule has 0 aliphatic rings. The van der Waals surface area contributed by atoms with Gasteiger partial charge in [-0.25, -0.2) is 0 Å². The summed E-state index contributed by atoms with van der Waals surface area (Å²) < 4.78 is 0. The zero-order chi connectivity index (χ0) is 12.5. The zero-order valence-electron chi connectivity index (χ0n) is 9.82. The fourth-order valence-corrected chi connectivity index (χ4v) is 2.11. The molecule has 0 spiro atoms. The Bertz CT molecular complexity index is 412. The Morgan fingerprint density at radius 3 is 3.06 bits per heavy atom. The topological polar surface area (TPSA) is 41.1 Å². The normalized spacial score (nSPS) is 9.65. The minimum absolute atomic E-state index is 0.0352.